The number of benzene rings is 1. The van der Waals surface area contributed by atoms with Crippen LogP contribution in [0.15, 0.2) is 28.7 Å². The summed E-state index contributed by atoms with van der Waals surface area (Å²) in [6.07, 6.45) is 3.62. The minimum Gasteiger partial charge on any atom is -0.342 e. The van der Waals surface area contributed by atoms with E-state index < -0.39 is 0 Å². The van der Waals surface area contributed by atoms with Crippen molar-refractivity contribution in [2.75, 3.05) is 26.2 Å². The van der Waals surface area contributed by atoms with Gasteiger partial charge in [-0.05, 0) is 56.7 Å². The van der Waals surface area contributed by atoms with E-state index in [1.807, 2.05) is 41.0 Å². The zero-order chi connectivity index (χ0) is 21.3. The number of carbonyl (C=O) groups excluding carboxylic acids is 2. The van der Waals surface area contributed by atoms with E-state index >= 15 is 0 Å². The van der Waals surface area contributed by atoms with Crippen LogP contribution in [-0.2, 0) is 4.79 Å². The molecule has 0 aliphatic carbocycles. The molecule has 0 atom stereocenters. The molecule has 0 N–H and O–H groups in total. The Morgan fingerprint density at radius 3 is 2.37 bits per heavy atom. The van der Waals surface area contributed by atoms with Gasteiger partial charge in [0.2, 0.25) is 5.91 Å². The van der Waals surface area contributed by atoms with E-state index in [4.69, 9.17) is 0 Å². The van der Waals surface area contributed by atoms with Gasteiger partial charge >= 0.3 is 0 Å². The van der Waals surface area contributed by atoms with Gasteiger partial charge in [-0.3, -0.25) is 9.59 Å². The average Bonchev–Trinajstić information content (AvgIpc) is 3.14. The molecule has 0 bridgehead atoms. The minimum atomic E-state index is -0.105. The van der Waals surface area contributed by atoms with E-state index in [1.54, 1.807) is 4.68 Å². The molecular formula is C22H28BrN5O2. The van der Waals surface area contributed by atoms with Crippen molar-refractivity contribution in [1.29, 1.82) is 0 Å². The van der Waals surface area contributed by atoms with E-state index in [9.17, 15) is 9.59 Å². The first-order valence-corrected chi connectivity index (χ1v) is 11.5. The normalized spacial score (nSPS) is 18.6. The number of likely N-dealkylation sites (tertiary alicyclic amines) is 2. The second-order valence-electron chi connectivity index (χ2n) is 8.49. The molecule has 2 aliphatic heterocycles. The van der Waals surface area contributed by atoms with Gasteiger partial charge < -0.3 is 9.80 Å². The Labute approximate surface area is 185 Å². The summed E-state index contributed by atoms with van der Waals surface area (Å²) in [6, 6.07) is 7.73. The summed E-state index contributed by atoms with van der Waals surface area (Å²) in [5.74, 6) is 0.903. The Morgan fingerprint density at radius 1 is 1.03 bits per heavy atom. The molecule has 0 spiro atoms. The molecule has 3 heterocycles. The molecule has 2 aromatic rings. The highest BCUT2D eigenvalue weighted by molar-refractivity contribution is 9.10. The minimum absolute atomic E-state index is 0.0286. The topological polar surface area (TPSA) is 71.3 Å². The van der Waals surface area contributed by atoms with Crippen molar-refractivity contribution in [3.8, 4) is 5.69 Å². The molecule has 2 amide bonds. The molecule has 2 aliphatic rings. The molecule has 160 valence electrons. The standard InChI is InChI=1S/C22H28BrN5O2/c1-15-6-10-26(11-7-15)21(29)17-8-12-27(13-9-17)22(30)20-16(2)28(25-24-20)19-5-3-4-18(23)14-19/h3-5,14-15,17H,6-13H2,1-2H3. The van der Waals surface area contributed by atoms with Crippen molar-refractivity contribution in [3.05, 3.63) is 40.1 Å². The van der Waals surface area contributed by atoms with E-state index in [2.05, 4.69) is 33.2 Å². The van der Waals surface area contributed by atoms with Gasteiger partial charge in [-0.25, -0.2) is 4.68 Å². The predicted octanol–water partition coefficient (Wildman–Crippen LogP) is 3.45. The lowest BCUT2D eigenvalue weighted by Crippen LogP contribution is -2.46. The highest BCUT2D eigenvalue weighted by atomic mass is 79.9. The third kappa shape index (κ3) is 4.29. The zero-order valence-electron chi connectivity index (χ0n) is 17.6. The lowest BCUT2D eigenvalue weighted by Gasteiger charge is -2.36. The first kappa shape index (κ1) is 21.0. The molecule has 2 fully saturated rings. The van der Waals surface area contributed by atoms with Crippen LogP contribution in [0, 0.1) is 18.8 Å². The molecule has 2 saturated heterocycles. The van der Waals surface area contributed by atoms with Gasteiger partial charge in [-0.1, -0.05) is 34.1 Å². The van der Waals surface area contributed by atoms with Crippen LogP contribution in [0.25, 0.3) is 5.69 Å². The number of hydrogen-bond donors (Lipinski definition) is 0. The lowest BCUT2D eigenvalue weighted by molar-refractivity contribution is -0.138. The number of carbonyl (C=O) groups is 2. The SMILES string of the molecule is Cc1c(C(=O)N2CCC(C(=O)N3CCC(C)CC3)CC2)nnn1-c1cccc(Br)c1. The van der Waals surface area contributed by atoms with E-state index in [0.29, 0.717) is 24.7 Å². The maximum Gasteiger partial charge on any atom is 0.276 e. The summed E-state index contributed by atoms with van der Waals surface area (Å²) in [4.78, 5) is 29.7. The van der Waals surface area contributed by atoms with Crippen LogP contribution in [0.4, 0.5) is 0 Å². The van der Waals surface area contributed by atoms with Crippen molar-refractivity contribution >= 4 is 27.7 Å². The molecule has 0 saturated carbocycles. The second-order valence-corrected chi connectivity index (χ2v) is 9.41. The molecule has 0 unspecified atom stereocenters. The maximum absolute atomic E-state index is 13.1. The number of nitrogens with zero attached hydrogens (tertiary/aromatic N) is 5. The Kier molecular flexibility index (Phi) is 6.22. The van der Waals surface area contributed by atoms with Gasteiger partial charge in [-0.2, -0.15) is 0 Å². The van der Waals surface area contributed by atoms with Gasteiger partial charge in [0, 0.05) is 36.6 Å². The summed E-state index contributed by atoms with van der Waals surface area (Å²) < 4.78 is 2.63. The second kappa shape index (κ2) is 8.88. The molecule has 7 nitrogen and oxygen atoms in total. The van der Waals surface area contributed by atoms with Crippen molar-refractivity contribution < 1.29 is 9.59 Å². The highest BCUT2D eigenvalue weighted by Gasteiger charge is 2.33. The van der Waals surface area contributed by atoms with Crippen LogP contribution in [0.1, 0.15) is 48.8 Å². The van der Waals surface area contributed by atoms with Crippen molar-refractivity contribution in [2.45, 2.75) is 39.5 Å². The van der Waals surface area contributed by atoms with Crippen molar-refractivity contribution in [2.24, 2.45) is 11.8 Å². The number of aromatic nitrogens is 3. The fraction of sp³-hybridized carbons (Fsp3) is 0.545. The predicted molar refractivity (Wildman–Crippen MR) is 117 cm³/mol. The summed E-state index contributed by atoms with van der Waals surface area (Å²) in [5, 5.41) is 8.35. The Balaban J connectivity index is 1.38. The van der Waals surface area contributed by atoms with Crippen LogP contribution in [0.3, 0.4) is 0 Å². The smallest absolute Gasteiger partial charge is 0.276 e. The summed E-state index contributed by atoms with van der Waals surface area (Å²) in [7, 11) is 0. The van der Waals surface area contributed by atoms with E-state index in [1.165, 1.54) is 0 Å². The fourth-order valence-corrected chi connectivity index (χ4v) is 4.73. The maximum atomic E-state index is 13.1. The molecule has 1 aromatic heterocycles. The van der Waals surface area contributed by atoms with Gasteiger partial charge in [0.1, 0.15) is 0 Å². The van der Waals surface area contributed by atoms with E-state index in [-0.39, 0.29) is 17.7 Å². The largest absolute Gasteiger partial charge is 0.342 e. The van der Waals surface area contributed by atoms with Crippen LogP contribution >= 0.6 is 15.9 Å². The van der Waals surface area contributed by atoms with Gasteiger partial charge in [0.25, 0.3) is 5.91 Å². The van der Waals surface area contributed by atoms with Crippen molar-refractivity contribution in [1.82, 2.24) is 24.8 Å². The first-order valence-electron chi connectivity index (χ1n) is 10.7. The third-order valence-electron chi connectivity index (χ3n) is 6.38. The number of rotatable bonds is 3. The number of halogens is 1. The van der Waals surface area contributed by atoms with Crippen LogP contribution in [0.5, 0.6) is 0 Å². The van der Waals surface area contributed by atoms with E-state index in [0.717, 1.165) is 54.6 Å². The van der Waals surface area contributed by atoms with Crippen LogP contribution in [-0.4, -0.2) is 62.8 Å². The van der Waals surface area contributed by atoms with Crippen LogP contribution in [0.2, 0.25) is 0 Å². The lowest BCUT2D eigenvalue weighted by atomic mass is 9.92. The zero-order valence-corrected chi connectivity index (χ0v) is 19.1. The van der Waals surface area contributed by atoms with Gasteiger partial charge in [0.15, 0.2) is 5.69 Å². The summed E-state index contributed by atoms with van der Waals surface area (Å²) >= 11 is 3.46. The molecule has 0 radical (unpaired) electrons. The summed E-state index contributed by atoms with van der Waals surface area (Å²) in [6.45, 7) is 7.03. The fourth-order valence-electron chi connectivity index (χ4n) is 4.35. The quantitative estimate of drug-likeness (QED) is 0.684. The number of hydrogen-bond acceptors (Lipinski definition) is 4. The number of amides is 2. The Hall–Kier alpha value is -2.22. The van der Waals surface area contributed by atoms with Gasteiger partial charge in [0.05, 0.1) is 11.4 Å². The van der Waals surface area contributed by atoms with Crippen molar-refractivity contribution in [3.63, 3.8) is 0 Å². The Morgan fingerprint density at radius 2 is 1.70 bits per heavy atom. The number of piperidine rings is 2. The third-order valence-corrected chi connectivity index (χ3v) is 6.87. The molecular weight excluding hydrogens is 446 g/mol. The monoisotopic (exact) mass is 473 g/mol. The van der Waals surface area contributed by atoms with Crippen LogP contribution < -0.4 is 0 Å². The molecule has 4 rings (SSSR count). The van der Waals surface area contributed by atoms with Gasteiger partial charge in [-0.15, -0.1) is 5.10 Å². The molecule has 1 aromatic carbocycles. The molecule has 8 heteroatoms. The summed E-state index contributed by atoms with van der Waals surface area (Å²) in [5.41, 5.74) is 1.96. The highest BCUT2D eigenvalue weighted by Crippen LogP contribution is 2.25. The average molecular weight is 474 g/mol. The molecule has 30 heavy (non-hydrogen) atoms. The Bertz CT molecular complexity index is 927. The first-order chi connectivity index (χ1) is 14.4.